The monoisotopic (exact) mass is 259 g/mol. The summed E-state index contributed by atoms with van der Waals surface area (Å²) in [6.45, 7) is 3.58. The molecule has 0 saturated heterocycles. The van der Waals surface area contributed by atoms with Crippen LogP contribution in [0.1, 0.15) is 29.9 Å². The summed E-state index contributed by atoms with van der Waals surface area (Å²) in [6, 6.07) is 11.2. The Kier molecular flexibility index (Phi) is 3.78. The molecule has 0 N–H and O–H groups in total. The van der Waals surface area contributed by atoms with Crippen LogP contribution in [0.2, 0.25) is 5.02 Å². The van der Waals surface area contributed by atoms with Crippen molar-refractivity contribution in [1.82, 2.24) is 4.98 Å². The van der Waals surface area contributed by atoms with E-state index in [1.807, 2.05) is 37.3 Å². The molecule has 3 heteroatoms. The van der Waals surface area contributed by atoms with Gasteiger partial charge in [0.25, 0.3) is 0 Å². The summed E-state index contributed by atoms with van der Waals surface area (Å²) in [5, 5.41) is 0.646. The Balaban J connectivity index is 2.60. The molecule has 18 heavy (non-hydrogen) atoms. The van der Waals surface area contributed by atoms with Gasteiger partial charge in [-0.05, 0) is 31.5 Å². The van der Waals surface area contributed by atoms with Gasteiger partial charge >= 0.3 is 0 Å². The number of hydrogen-bond acceptors (Lipinski definition) is 2. The molecule has 0 aliphatic carbocycles. The third-order valence-electron chi connectivity index (χ3n) is 2.80. The van der Waals surface area contributed by atoms with E-state index in [1.54, 1.807) is 13.0 Å². The Hall–Kier alpha value is -1.67. The first-order chi connectivity index (χ1) is 8.61. The molecule has 0 atom stereocenters. The minimum atomic E-state index is 0.0420. The van der Waals surface area contributed by atoms with Gasteiger partial charge in [-0.1, -0.05) is 36.7 Å². The van der Waals surface area contributed by atoms with E-state index in [-0.39, 0.29) is 5.78 Å². The van der Waals surface area contributed by atoms with Gasteiger partial charge in [0.2, 0.25) is 0 Å². The van der Waals surface area contributed by atoms with E-state index in [1.165, 1.54) is 0 Å². The highest BCUT2D eigenvalue weighted by atomic mass is 35.5. The van der Waals surface area contributed by atoms with E-state index in [0.717, 1.165) is 23.4 Å². The van der Waals surface area contributed by atoms with Crippen LogP contribution in [0.5, 0.6) is 0 Å². The Morgan fingerprint density at radius 2 is 2.00 bits per heavy atom. The maximum atomic E-state index is 11.5. The highest BCUT2D eigenvalue weighted by Gasteiger charge is 2.09. The van der Waals surface area contributed by atoms with Gasteiger partial charge in [-0.3, -0.25) is 9.78 Å². The molecule has 0 saturated carbocycles. The molecule has 92 valence electrons. The first-order valence-corrected chi connectivity index (χ1v) is 6.26. The third-order valence-corrected chi connectivity index (χ3v) is 3.13. The number of rotatable bonds is 3. The molecule has 2 rings (SSSR count). The molecule has 0 fully saturated rings. The lowest BCUT2D eigenvalue weighted by Gasteiger charge is -2.07. The highest BCUT2D eigenvalue weighted by Crippen LogP contribution is 2.27. The molecule has 0 amide bonds. The van der Waals surface area contributed by atoms with Crippen molar-refractivity contribution in [2.24, 2.45) is 0 Å². The molecule has 0 unspecified atom stereocenters. The normalized spacial score (nSPS) is 10.4. The summed E-state index contributed by atoms with van der Waals surface area (Å²) in [5.41, 5.74) is 3.19. The van der Waals surface area contributed by atoms with E-state index in [4.69, 9.17) is 11.6 Å². The van der Waals surface area contributed by atoms with Crippen molar-refractivity contribution in [3.8, 4) is 11.3 Å². The van der Waals surface area contributed by atoms with Crippen LogP contribution < -0.4 is 0 Å². The SMILES string of the molecule is CCc1cc(C(C)=O)cc(-c2ccccc2Cl)n1. The number of carbonyl (C=O) groups excluding carboxylic acids is 1. The van der Waals surface area contributed by atoms with Crippen LogP contribution in [0, 0.1) is 0 Å². The summed E-state index contributed by atoms with van der Waals surface area (Å²) in [4.78, 5) is 16.0. The van der Waals surface area contributed by atoms with Gasteiger partial charge in [0.1, 0.15) is 0 Å². The Bertz CT molecular complexity index is 593. The first kappa shape index (κ1) is 12.8. The van der Waals surface area contributed by atoms with Gasteiger partial charge in [-0.2, -0.15) is 0 Å². The standard InChI is InChI=1S/C15H14ClNO/c1-3-12-8-11(10(2)18)9-15(17-12)13-6-4-5-7-14(13)16/h4-9H,3H2,1-2H3. The molecular weight excluding hydrogens is 246 g/mol. The second-order valence-corrected chi connectivity index (χ2v) is 4.53. The Morgan fingerprint density at radius 1 is 1.28 bits per heavy atom. The van der Waals surface area contributed by atoms with Crippen LogP contribution >= 0.6 is 11.6 Å². The lowest BCUT2D eigenvalue weighted by molar-refractivity contribution is 0.101. The zero-order valence-electron chi connectivity index (χ0n) is 10.4. The van der Waals surface area contributed by atoms with Crippen molar-refractivity contribution in [3.05, 3.63) is 52.7 Å². The van der Waals surface area contributed by atoms with Crippen LogP contribution in [-0.2, 0) is 6.42 Å². The van der Waals surface area contributed by atoms with Gasteiger partial charge in [0, 0.05) is 21.8 Å². The Labute approximate surface area is 112 Å². The van der Waals surface area contributed by atoms with E-state index >= 15 is 0 Å². The van der Waals surface area contributed by atoms with Crippen LogP contribution in [0.15, 0.2) is 36.4 Å². The number of Topliss-reactive ketones (excluding diaryl/α,β-unsaturated/α-hetero) is 1. The average molecular weight is 260 g/mol. The summed E-state index contributed by atoms with van der Waals surface area (Å²) in [5.74, 6) is 0.0420. The molecule has 0 radical (unpaired) electrons. The smallest absolute Gasteiger partial charge is 0.159 e. The maximum absolute atomic E-state index is 11.5. The summed E-state index contributed by atoms with van der Waals surface area (Å²) >= 11 is 6.16. The number of hydrogen-bond donors (Lipinski definition) is 0. The predicted molar refractivity (Wildman–Crippen MR) is 74.1 cm³/mol. The van der Waals surface area contributed by atoms with Crippen LogP contribution in [0.3, 0.4) is 0 Å². The van der Waals surface area contributed by atoms with Gasteiger partial charge in [0.15, 0.2) is 5.78 Å². The summed E-state index contributed by atoms with van der Waals surface area (Å²) in [6.07, 6.45) is 0.790. The van der Waals surface area contributed by atoms with Gasteiger partial charge in [0.05, 0.1) is 5.69 Å². The first-order valence-electron chi connectivity index (χ1n) is 5.88. The van der Waals surface area contributed by atoms with Crippen molar-refractivity contribution in [2.75, 3.05) is 0 Å². The summed E-state index contributed by atoms with van der Waals surface area (Å²) in [7, 11) is 0. The lowest BCUT2D eigenvalue weighted by atomic mass is 10.1. The number of ketones is 1. The molecule has 2 aromatic rings. The fourth-order valence-corrected chi connectivity index (χ4v) is 2.01. The molecule has 1 aromatic heterocycles. The number of nitrogens with zero attached hydrogens (tertiary/aromatic N) is 1. The molecule has 2 nitrogen and oxygen atoms in total. The van der Waals surface area contributed by atoms with E-state index in [9.17, 15) is 4.79 Å². The zero-order chi connectivity index (χ0) is 13.1. The second kappa shape index (κ2) is 5.32. The molecule has 0 aliphatic rings. The molecule has 1 heterocycles. The predicted octanol–water partition coefficient (Wildman–Crippen LogP) is 4.17. The second-order valence-electron chi connectivity index (χ2n) is 4.12. The zero-order valence-corrected chi connectivity index (χ0v) is 11.2. The number of aryl methyl sites for hydroxylation is 1. The quantitative estimate of drug-likeness (QED) is 0.775. The third kappa shape index (κ3) is 2.59. The molecule has 0 aliphatic heterocycles. The van der Waals surface area contributed by atoms with Gasteiger partial charge in [-0.25, -0.2) is 0 Å². The molecular formula is C15H14ClNO. The number of aromatic nitrogens is 1. The van der Waals surface area contributed by atoms with Gasteiger partial charge < -0.3 is 0 Å². The summed E-state index contributed by atoms with van der Waals surface area (Å²) < 4.78 is 0. The van der Waals surface area contributed by atoms with Gasteiger partial charge in [-0.15, -0.1) is 0 Å². The van der Waals surface area contributed by atoms with E-state index in [0.29, 0.717) is 10.6 Å². The molecule has 0 bridgehead atoms. The van der Waals surface area contributed by atoms with Crippen LogP contribution in [0.4, 0.5) is 0 Å². The fourth-order valence-electron chi connectivity index (χ4n) is 1.78. The van der Waals surface area contributed by atoms with Crippen LogP contribution in [0.25, 0.3) is 11.3 Å². The Morgan fingerprint density at radius 3 is 2.61 bits per heavy atom. The van der Waals surface area contributed by atoms with Crippen molar-refractivity contribution < 1.29 is 4.79 Å². The van der Waals surface area contributed by atoms with E-state index < -0.39 is 0 Å². The van der Waals surface area contributed by atoms with Crippen LogP contribution in [-0.4, -0.2) is 10.8 Å². The fraction of sp³-hybridized carbons (Fsp3) is 0.200. The number of benzene rings is 1. The lowest BCUT2D eigenvalue weighted by Crippen LogP contribution is -1.99. The number of pyridine rings is 1. The average Bonchev–Trinajstić information content (AvgIpc) is 2.38. The molecule has 0 spiro atoms. The van der Waals surface area contributed by atoms with Crippen molar-refractivity contribution in [1.29, 1.82) is 0 Å². The molecule has 1 aromatic carbocycles. The number of carbonyl (C=O) groups is 1. The van der Waals surface area contributed by atoms with Crippen molar-refractivity contribution in [3.63, 3.8) is 0 Å². The van der Waals surface area contributed by atoms with Crippen molar-refractivity contribution in [2.45, 2.75) is 20.3 Å². The van der Waals surface area contributed by atoms with Crippen molar-refractivity contribution >= 4 is 17.4 Å². The maximum Gasteiger partial charge on any atom is 0.159 e. The minimum absolute atomic E-state index is 0.0420. The topological polar surface area (TPSA) is 30.0 Å². The highest BCUT2D eigenvalue weighted by molar-refractivity contribution is 6.33. The minimum Gasteiger partial charge on any atom is -0.295 e. The largest absolute Gasteiger partial charge is 0.295 e. The number of halogens is 1. The van der Waals surface area contributed by atoms with E-state index in [2.05, 4.69) is 4.98 Å².